The second kappa shape index (κ2) is 5.23. The van der Waals surface area contributed by atoms with Gasteiger partial charge in [0.15, 0.2) is 0 Å². The Hall–Kier alpha value is -1.19. The van der Waals surface area contributed by atoms with Gasteiger partial charge in [0.2, 0.25) is 15.9 Å². The molecule has 1 aromatic rings. The highest BCUT2D eigenvalue weighted by molar-refractivity contribution is 7.88. The minimum atomic E-state index is -3.16. The van der Waals surface area contributed by atoms with Gasteiger partial charge in [-0.2, -0.15) is 0 Å². The molecule has 16 heavy (non-hydrogen) atoms. The number of hydrogen-bond donors (Lipinski definition) is 3. The van der Waals surface area contributed by atoms with Gasteiger partial charge in [-0.15, -0.1) is 5.10 Å². The van der Waals surface area contributed by atoms with Crippen LogP contribution < -0.4 is 15.8 Å². The predicted octanol–water partition coefficient (Wildman–Crippen LogP) is -0.950. The molecule has 1 unspecified atom stereocenters. The lowest BCUT2D eigenvalue weighted by Gasteiger charge is -2.02. The van der Waals surface area contributed by atoms with Crippen LogP contribution in [0.4, 0.5) is 6.01 Å². The fraction of sp³-hybridized carbons (Fsp3) is 0.714. The van der Waals surface area contributed by atoms with Gasteiger partial charge in [-0.05, 0) is 6.92 Å². The maximum absolute atomic E-state index is 10.7. The number of aromatic nitrogens is 2. The second-order valence-corrected chi connectivity index (χ2v) is 5.16. The van der Waals surface area contributed by atoms with Crippen LogP contribution >= 0.6 is 0 Å². The third-order valence-electron chi connectivity index (χ3n) is 1.60. The fourth-order valence-corrected chi connectivity index (χ4v) is 1.37. The topological polar surface area (TPSA) is 123 Å². The van der Waals surface area contributed by atoms with E-state index in [0.29, 0.717) is 12.4 Å². The van der Waals surface area contributed by atoms with Gasteiger partial charge in [0.25, 0.3) is 0 Å². The Labute approximate surface area is 93.7 Å². The SMILES string of the molecule is CC(N)c1nnc(NCCNS(C)(=O)=O)o1. The molecule has 1 atom stereocenters. The fourth-order valence-electron chi connectivity index (χ4n) is 0.896. The summed E-state index contributed by atoms with van der Waals surface area (Å²) < 4.78 is 28.9. The van der Waals surface area contributed by atoms with Crippen molar-refractivity contribution in [1.82, 2.24) is 14.9 Å². The number of nitrogens with one attached hydrogen (secondary N) is 2. The molecular formula is C7H15N5O3S. The van der Waals surface area contributed by atoms with Crippen molar-refractivity contribution in [3.63, 3.8) is 0 Å². The van der Waals surface area contributed by atoms with Gasteiger partial charge in [-0.25, -0.2) is 13.1 Å². The maximum atomic E-state index is 10.7. The van der Waals surface area contributed by atoms with Crippen LogP contribution in [0.25, 0.3) is 0 Å². The van der Waals surface area contributed by atoms with Gasteiger partial charge in [-0.1, -0.05) is 5.10 Å². The van der Waals surface area contributed by atoms with Gasteiger partial charge in [-0.3, -0.25) is 0 Å². The highest BCUT2D eigenvalue weighted by Gasteiger charge is 2.09. The normalized spacial score (nSPS) is 13.7. The van der Waals surface area contributed by atoms with E-state index in [0.717, 1.165) is 6.26 Å². The zero-order valence-electron chi connectivity index (χ0n) is 9.10. The number of nitrogens with two attached hydrogens (primary N) is 1. The molecule has 0 radical (unpaired) electrons. The van der Waals surface area contributed by atoms with Crippen molar-refractivity contribution >= 4 is 16.0 Å². The van der Waals surface area contributed by atoms with Crippen LogP contribution in [0.5, 0.6) is 0 Å². The molecule has 0 fully saturated rings. The molecule has 8 nitrogen and oxygen atoms in total. The quantitative estimate of drug-likeness (QED) is 0.555. The third kappa shape index (κ3) is 4.55. The van der Waals surface area contributed by atoms with E-state index in [2.05, 4.69) is 20.2 Å². The highest BCUT2D eigenvalue weighted by atomic mass is 32.2. The van der Waals surface area contributed by atoms with E-state index in [1.165, 1.54) is 0 Å². The van der Waals surface area contributed by atoms with Gasteiger partial charge >= 0.3 is 6.01 Å². The van der Waals surface area contributed by atoms with Crippen LogP contribution in [0, 0.1) is 0 Å². The van der Waals surface area contributed by atoms with E-state index in [1.807, 2.05) is 0 Å². The Morgan fingerprint density at radius 3 is 2.62 bits per heavy atom. The largest absolute Gasteiger partial charge is 0.406 e. The summed E-state index contributed by atoms with van der Waals surface area (Å²) in [5, 5.41) is 10.2. The molecule has 0 aliphatic carbocycles. The van der Waals surface area contributed by atoms with Crippen molar-refractivity contribution in [2.75, 3.05) is 24.7 Å². The first kappa shape index (κ1) is 12.9. The molecule has 1 aromatic heterocycles. The molecule has 92 valence electrons. The molecule has 0 aliphatic heterocycles. The lowest BCUT2D eigenvalue weighted by molar-refractivity contribution is 0.472. The average molecular weight is 249 g/mol. The van der Waals surface area contributed by atoms with E-state index >= 15 is 0 Å². The Balaban J connectivity index is 2.32. The lowest BCUT2D eigenvalue weighted by atomic mass is 10.4. The molecule has 0 saturated carbocycles. The molecule has 4 N–H and O–H groups in total. The van der Waals surface area contributed by atoms with Crippen LogP contribution in [-0.4, -0.2) is 38.0 Å². The summed E-state index contributed by atoms with van der Waals surface area (Å²) in [4.78, 5) is 0. The minimum Gasteiger partial charge on any atom is -0.406 e. The Morgan fingerprint density at radius 1 is 1.44 bits per heavy atom. The minimum absolute atomic E-state index is 0.225. The molecule has 0 spiro atoms. The number of hydrogen-bond acceptors (Lipinski definition) is 7. The van der Waals surface area contributed by atoms with Crippen LogP contribution in [0.1, 0.15) is 18.9 Å². The van der Waals surface area contributed by atoms with E-state index in [1.54, 1.807) is 6.92 Å². The number of rotatable bonds is 6. The van der Waals surface area contributed by atoms with Gasteiger partial charge in [0.05, 0.1) is 12.3 Å². The molecular weight excluding hydrogens is 234 g/mol. The number of anilines is 1. The van der Waals surface area contributed by atoms with Crippen molar-refractivity contribution < 1.29 is 12.8 Å². The van der Waals surface area contributed by atoms with Crippen molar-refractivity contribution in [2.45, 2.75) is 13.0 Å². The first-order valence-electron chi connectivity index (χ1n) is 4.66. The zero-order valence-corrected chi connectivity index (χ0v) is 9.91. The lowest BCUT2D eigenvalue weighted by Crippen LogP contribution is -2.27. The molecule has 9 heteroatoms. The Morgan fingerprint density at radius 2 is 2.12 bits per heavy atom. The molecule has 1 heterocycles. The molecule has 0 amide bonds. The van der Waals surface area contributed by atoms with Crippen LogP contribution in [0.2, 0.25) is 0 Å². The average Bonchev–Trinajstić information content (AvgIpc) is 2.59. The van der Waals surface area contributed by atoms with Crippen molar-refractivity contribution in [3.8, 4) is 0 Å². The van der Waals surface area contributed by atoms with Crippen molar-refractivity contribution in [2.24, 2.45) is 5.73 Å². The summed E-state index contributed by atoms with van der Waals surface area (Å²) in [5.74, 6) is 0.332. The summed E-state index contributed by atoms with van der Waals surface area (Å²) in [7, 11) is -3.16. The highest BCUT2D eigenvalue weighted by Crippen LogP contribution is 2.10. The Kier molecular flexibility index (Phi) is 4.21. The number of nitrogens with zero attached hydrogens (tertiary/aromatic N) is 2. The number of sulfonamides is 1. The van der Waals surface area contributed by atoms with Gasteiger partial charge < -0.3 is 15.5 Å². The molecule has 1 rings (SSSR count). The van der Waals surface area contributed by atoms with Gasteiger partial charge in [0, 0.05) is 13.1 Å². The summed E-state index contributed by atoms with van der Waals surface area (Å²) in [5.41, 5.74) is 5.52. The summed E-state index contributed by atoms with van der Waals surface area (Å²) in [6.45, 7) is 2.32. The molecule has 0 aliphatic rings. The van der Waals surface area contributed by atoms with E-state index in [9.17, 15) is 8.42 Å². The van der Waals surface area contributed by atoms with E-state index in [-0.39, 0.29) is 18.6 Å². The first-order valence-corrected chi connectivity index (χ1v) is 6.55. The monoisotopic (exact) mass is 249 g/mol. The van der Waals surface area contributed by atoms with E-state index < -0.39 is 10.0 Å². The molecule has 0 aromatic carbocycles. The smallest absolute Gasteiger partial charge is 0.315 e. The van der Waals surface area contributed by atoms with Crippen molar-refractivity contribution in [3.05, 3.63) is 5.89 Å². The van der Waals surface area contributed by atoms with Gasteiger partial charge in [0.1, 0.15) is 0 Å². The predicted molar refractivity (Wildman–Crippen MR) is 58.2 cm³/mol. The first-order chi connectivity index (χ1) is 7.38. The second-order valence-electron chi connectivity index (χ2n) is 3.33. The van der Waals surface area contributed by atoms with Crippen LogP contribution in [0.15, 0.2) is 4.42 Å². The standard InChI is InChI=1S/C7H15N5O3S/c1-5(8)6-11-12-7(15-6)9-3-4-10-16(2,13)14/h5,10H,3-4,8H2,1-2H3,(H,9,12). The van der Waals surface area contributed by atoms with E-state index in [4.69, 9.17) is 10.2 Å². The zero-order chi connectivity index (χ0) is 12.2. The van der Waals surface area contributed by atoms with Crippen LogP contribution in [-0.2, 0) is 10.0 Å². The molecule has 0 bridgehead atoms. The third-order valence-corrected chi connectivity index (χ3v) is 2.32. The summed E-state index contributed by atoms with van der Waals surface area (Å²) in [6, 6.07) is -0.0974. The Bertz CT molecular complexity index is 427. The van der Waals surface area contributed by atoms with Crippen LogP contribution in [0.3, 0.4) is 0 Å². The summed E-state index contributed by atoms with van der Waals surface area (Å²) in [6.07, 6.45) is 1.09. The summed E-state index contributed by atoms with van der Waals surface area (Å²) >= 11 is 0. The van der Waals surface area contributed by atoms with Crippen molar-refractivity contribution in [1.29, 1.82) is 0 Å². The maximum Gasteiger partial charge on any atom is 0.315 e. The molecule has 0 saturated heterocycles.